The Hall–Kier alpha value is -2.11. The average Bonchev–Trinajstić information content (AvgIpc) is 2.35. The van der Waals surface area contributed by atoms with Gasteiger partial charge in [-0.05, 0) is 24.6 Å². The van der Waals surface area contributed by atoms with E-state index in [1.54, 1.807) is 0 Å². The Morgan fingerprint density at radius 1 is 1.28 bits per heavy atom. The molecular weight excluding hydrogens is 243 g/mol. The summed E-state index contributed by atoms with van der Waals surface area (Å²) in [4.78, 5) is 22.2. The van der Waals surface area contributed by atoms with Crippen LogP contribution in [0, 0.1) is 0 Å². The molecule has 0 aromatic heterocycles. The molecule has 1 aromatic rings. The van der Waals surface area contributed by atoms with E-state index in [4.69, 9.17) is 14.6 Å². The maximum atomic E-state index is 13.3. The monoisotopic (exact) mass is 256 g/mol. The number of benzene rings is 1. The third-order valence-electron chi connectivity index (χ3n) is 2.40. The van der Waals surface area contributed by atoms with Gasteiger partial charge in [-0.3, -0.25) is 4.79 Å². The van der Waals surface area contributed by atoms with Crippen molar-refractivity contribution >= 4 is 11.8 Å². The molecule has 0 fully saturated rings. The van der Waals surface area contributed by atoms with Crippen LogP contribution in [0.5, 0.6) is 11.5 Å². The number of methoxy groups -OCH3 is 2. The van der Waals surface area contributed by atoms with Crippen LogP contribution in [-0.4, -0.2) is 31.1 Å². The Morgan fingerprint density at radius 3 is 2.28 bits per heavy atom. The molecule has 1 unspecified atom stereocenters. The van der Waals surface area contributed by atoms with Crippen molar-refractivity contribution in [2.24, 2.45) is 0 Å². The van der Waals surface area contributed by atoms with Gasteiger partial charge < -0.3 is 14.6 Å². The smallest absolute Gasteiger partial charge is 0.377 e. The second-order valence-electron chi connectivity index (χ2n) is 3.55. The van der Waals surface area contributed by atoms with E-state index in [0.29, 0.717) is 0 Å². The SMILES string of the molecule is COc1cc(C(C)F)cc(C(=O)C(=O)O)c1OC. The summed E-state index contributed by atoms with van der Waals surface area (Å²) in [6.45, 7) is 1.27. The first-order chi connectivity index (χ1) is 8.42. The lowest BCUT2D eigenvalue weighted by Gasteiger charge is -2.14. The molecular formula is C12H13FO5. The summed E-state index contributed by atoms with van der Waals surface area (Å²) in [6.07, 6.45) is -1.36. The molecule has 1 atom stereocenters. The Labute approximate surface area is 103 Å². The van der Waals surface area contributed by atoms with Gasteiger partial charge in [0.15, 0.2) is 11.5 Å². The van der Waals surface area contributed by atoms with Crippen LogP contribution in [0.25, 0.3) is 0 Å². The quantitative estimate of drug-likeness (QED) is 0.644. The molecule has 0 aliphatic heterocycles. The first kappa shape index (κ1) is 14.0. The highest BCUT2D eigenvalue weighted by molar-refractivity contribution is 6.40. The van der Waals surface area contributed by atoms with E-state index in [1.165, 1.54) is 27.2 Å². The van der Waals surface area contributed by atoms with E-state index in [2.05, 4.69) is 0 Å². The molecule has 5 nitrogen and oxygen atoms in total. The van der Waals surface area contributed by atoms with Crippen molar-refractivity contribution in [3.05, 3.63) is 23.3 Å². The van der Waals surface area contributed by atoms with Gasteiger partial charge in [-0.15, -0.1) is 0 Å². The summed E-state index contributed by atoms with van der Waals surface area (Å²) in [5.74, 6) is -2.72. The molecule has 0 saturated carbocycles. The summed E-state index contributed by atoms with van der Waals surface area (Å²) < 4.78 is 23.2. The molecule has 0 aliphatic rings. The topological polar surface area (TPSA) is 72.8 Å². The molecule has 1 N–H and O–H groups in total. The summed E-state index contributed by atoms with van der Waals surface area (Å²) in [7, 11) is 2.59. The third kappa shape index (κ3) is 2.58. The molecule has 1 rings (SSSR count). The van der Waals surface area contributed by atoms with Gasteiger partial charge in [0.25, 0.3) is 5.78 Å². The first-order valence-corrected chi connectivity index (χ1v) is 5.10. The van der Waals surface area contributed by atoms with Gasteiger partial charge in [-0.2, -0.15) is 0 Å². The minimum atomic E-state index is -1.64. The fourth-order valence-electron chi connectivity index (χ4n) is 1.50. The third-order valence-corrected chi connectivity index (χ3v) is 2.40. The van der Waals surface area contributed by atoms with Gasteiger partial charge in [-0.1, -0.05) is 0 Å². The predicted octanol–water partition coefficient (Wildman–Crippen LogP) is 2.00. The zero-order valence-corrected chi connectivity index (χ0v) is 10.2. The molecule has 0 saturated heterocycles. The number of Topliss-reactive ketones (excluding diaryl/α,β-unsaturated/α-hetero) is 1. The van der Waals surface area contributed by atoms with Crippen molar-refractivity contribution in [3.63, 3.8) is 0 Å². The number of hydrogen-bond acceptors (Lipinski definition) is 4. The number of hydrogen-bond donors (Lipinski definition) is 1. The summed E-state index contributed by atoms with van der Waals surface area (Å²) in [6, 6.07) is 2.52. The van der Waals surface area contributed by atoms with Gasteiger partial charge in [0.2, 0.25) is 0 Å². The molecule has 0 aliphatic carbocycles. The standard InChI is InChI=1S/C12H13FO5/c1-6(13)7-4-8(10(14)12(15)16)11(18-3)9(5-7)17-2/h4-6H,1-3H3,(H,15,16). The van der Waals surface area contributed by atoms with Crippen LogP contribution < -0.4 is 9.47 Å². The number of ether oxygens (including phenoxy) is 2. The molecule has 1 aromatic carbocycles. The number of halogens is 1. The zero-order valence-electron chi connectivity index (χ0n) is 10.2. The summed E-state index contributed by atoms with van der Waals surface area (Å²) in [5, 5.41) is 8.71. The first-order valence-electron chi connectivity index (χ1n) is 5.10. The van der Waals surface area contributed by atoms with Crippen molar-refractivity contribution in [1.29, 1.82) is 0 Å². The maximum Gasteiger partial charge on any atom is 0.377 e. The van der Waals surface area contributed by atoms with Crippen molar-refractivity contribution < 1.29 is 28.6 Å². The van der Waals surface area contributed by atoms with E-state index in [-0.39, 0.29) is 22.6 Å². The van der Waals surface area contributed by atoms with Crippen LogP contribution in [0.15, 0.2) is 12.1 Å². The van der Waals surface area contributed by atoms with Crippen LogP contribution in [0.4, 0.5) is 4.39 Å². The number of carboxylic acids is 1. The molecule has 18 heavy (non-hydrogen) atoms. The fourth-order valence-corrected chi connectivity index (χ4v) is 1.50. The number of aliphatic carboxylic acids is 1. The zero-order chi connectivity index (χ0) is 13.9. The van der Waals surface area contributed by atoms with Crippen LogP contribution >= 0.6 is 0 Å². The highest BCUT2D eigenvalue weighted by atomic mass is 19.1. The largest absolute Gasteiger partial charge is 0.493 e. The molecule has 6 heteroatoms. The van der Waals surface area contributed by atoms with E-state index in [1.807, 2.05) is 0 Å². The van der Waals surface area contributed by atoms with Crippen LogP contribution in [0.1, 0.15) is 29.0 Å². The van der Waals surface area contributed by atoms with Crippen molar-refractivity contribution in [2.45, 2.75) is 13.1 Å². The van der Waals surface area contributed by atoms with Gasteiger partial charge in [0.1, 0.15) is 6.17 Å². The van der Waals surface area contributed by atoms with Gasteiger partial charge >= 0.3 is 5.97 Å². The number of rotatable bonds is 5. The lowest BCUT2D eigenvalue weighted by atomic mass is 10.0. The minimum Gasteiger partial charge on any atom is -0.493 e. The van der Waals surface area contributed by atoms with Crippen LogP contribution in [0.2, 0.25) is 0 Å². The average molecular weight is 256 g/mol. The normalized spacial score (nSPS) is 11.8. The van der Waals surface area contributed by atoms with Gasteiger partial charge in [0.05, 0.1) is 19.8 Å². The molecule has 0 bridgehead atoms. The van der Waals surface area contributed by atoms with E-state index < -0.39 is 17.9 Å². The number of ketones is 1. The molecule has 0 amide bonds. The van der Waals surface area contributed by atoms with Crippen LogP contribution in [-0.2, 0) is 4.79 Å². The minimum absolute atomic E-state index is 0.0192. The Balaban J connectivity index is 3.50. The Bertz CT molecular complexity index is 482. The van der Waals surface area contributed by atoms with Crippen molar-refractivity contribution in [3.8, 4) is 11.5 Å². The Morgan fingerprint density at radius 2 is 1.89 bits per heavy atom. The highest BCUT2D eigenvalue weighted by Gasteiger charge is 2.24. The summed E-state index contributed by atoms with van der Waals surface area (Å²) >= 11 is 0. The number of alkyl halides is 1. The number of carbonyl (C=O) groups excluding carboxylic acids is 1. The van der Waals surface area contributed by atoms with E-state index in [9.17, 15) is 14.0 Å². The van der Waals surface area contributed by atoms with Crippen molar-refractivity contribution in [1.82, 2.24) is 0 Å². The van der Waals surface area contributed by atoms with Gasteiger partial charge in [-0.25, -0.2) is 9.18 Å². The predicted molar refractivity (Wildman–Crippen MR) is 61.0 cm³/mol. The van der Waals surface area contributed by atoms with E-state index in [0.717, 1.165) is 6.07 Å². The lowest BCUT2D eigenvalue weighted by molar-refractivity contribution is -0.131. The molecule has 0 spiro atoms. The number of carboxylic acid groups (broad SMARTS) is 1. The lowest BCUT2D eigenvalue weighted by Crippen LogP contribution is -2.15. The van der Waals surface area contributed by atoms with Gasteiger partial charge in [0, 0.05) is 0 Å². The molecule has 98 valence electrons. The second kappa shape index (κ2) is 5.48. The number of carbonyl (C=O) groups is 2. The Kier molecular flexibility index (Phi) is 4.25. The molecule has 0 radical (unpaired) electrons. The fraction of sp³-hybridized carbons (Fsp3) is 0.333. The maximum absolute atomic E-state index is 13.3. The highest BCUT2D eigenvalue weighted by Crippen LogP contribution is 2.35. The van der Waals surface area contributed by atoms with Crippen molar-refractivity contribution in [2.75, 3.05) is 14.2 Å². The van der Waals surface area contributed by atoms with Crippen LogP contribution in [0.3, 0.4) is 0 Å². The van der Waals surface area contributed by atoms with E-state index >= 15 is 0 Å². The molecule has 0 heterocycles. The summed E-state index contributed by atoms with van der Waals surface area (Å²) in [5.41, 5.74) is -0.0823. The second-order valence-corrected chi connectivity index (χ2v) is 3.55.